The Morgan fingerprint density at radius 1 is 1.47 bits per heavy atom. The summed E-state index contributed by atoms with van der Waals surface area (Å²) in [6.45, 7) is -0.121. The van der Waals surface area contributed by atoms with Gasteiger partial charge in [-0.3, -0.25) is 0 Å². The van der Waals surface area contributed by atoms with Gasteiger partial charge in [0.05, 0.1) is 6.10 Å². The molecule has 2 N–H and O–H groups in total. The maximum Gasteiger partial charge on any atom is 0.243 e. The molecule has 0 aliphatic carbocycles. The molecule has 2 aromatic heterocycles. The molecule has 102 valence electrons. The average molecular weight is 319 g/mol. The average Bonchev–Trinajstić information content (AvgIpc) is 2.90. The fraction of sp³-hybridized carbons (Fsp3) is 0.182. The van der Waals surface area contributed by atoms with Crippen LogP contribution in [-0.4, -0.2) is 25.1 Å². The molecule has 0 saturated carbocycles. The van der Waals surface area contributed by atoms with Crippen LogP contribution in [0, 0.1) is 0 Å². The van der Waals surface area contributed by atoms with E-state index >= 15 is 0 Å². The van der Waals surface area contributed by atoms with Crippen molar-refractivity contribution < 1.29 is 13.5 Å². The summed E-state index contributed by atoms with van der Waals surface area (Å²) in [7, 11) is -3.78. The van der Waals surface area contributed by atoms with Gasteiger partial charge in [0.2, 0.25) is 10.0 Å². The minimum Gasteiger partial charge on any atom is -0.387 e. The highest BCUT2D eigenvalue weighted by molar-refractivity contribution is 7.89. The fourth-order valence-corrected chi connectivity index (χ4v) is 3.62. The van der Waals surface area contributed by atoms with E-state index in [4.69, 9.17) is 11.6 Å². The van der Waals surface area contributed by atoms with Gasteiger partial charge in [-0.1, -0.05) is 11.6 Å². The topological polar surface area (TPSA) is 79.3 Å². The Hall–Kier alpha value is -0.990. The van der Waals surface area contributed by atoms with Crippen molar-refractivity contribution in [2.75, 3.05) is 6.54 Å². The number of aliphatic hydroxyl groups excluding tert-OH is 1. The first-order valence-corrected chi connectivity index (χ1v) is 8.11. The molecule has 8 heteroatoms. The monoisotopic (exact) mass is 318 g/mol. The minimum absolute atomic E-state index is 0.0972. The van der Waals surface area contributed by atoms with E-state index in [2.05, 4.69) is 9.71 Å². The first-order valence-electron chi connectivity index (χ1n) is 5.31. The molecule has 0 spiro atoms. The lowest BCUT2D eigenvalue weighted by molar-refractivity contribution is 0.182. The van der Waals surface area contributed by atoms with Crippen LogP contribution in [0.15, 0.2) is 40.1 Å². The van der Waals surface area contributed by atoms with Crippen LogP contribution in [0.1, 0.15) is 11.7 Å². The number of hydrogen-bond acceptors (Lipinski definition) is 5. The maximum absolute atomic E-state index is 12.0. The molecule has 0 amide bonds. The van der Waals surface area contributed by atoms with Crippen LogP contribution in [0.3, 0.4) is 0 Å². The number of pyridine rings is 1. The van der Waals surface area contributed by atoms with Crippen LogP contribution >= 0.6 is 22.9 Å². The molecular weight excluding hydrogens is 308 g/mol. The summed E-state index contributed by atoms with van der Waals surface area (Å²) in [6, 6.07) is 4.57. The Balaban J connectivity index is 2.09. The molecule has 2 aromatic rings. The van der Waals surface area contributed by atoms with E-state index in [1.807, 2.05) is 5.38 Å². The van der Waals surface area contributed by atoms with Gasteiger partial charge in [-0.25, -0.2) is 18.1 Å². The van der Waals surface area contributed by atoms with Crippen LogP contribution in [0.25, 0.3) is 0 Å². The molecular formula is C11H11ClN2O3S2. The number of aliphatic hydroxyl groups is 1. The predicted molar refractivity (Wildman–Crippen MR) is 73.7 cm³/mol. The molecule has 0 aromatic carbocycles. The van der Waals surface area contributed by atoms with Crippen molar-refractivity contribution in [3.05, 3.63) is 45.9 Å². The van der Waals surface area contributed by atoms with Crippen LogP contribution in [0.2, 0.25) is 5.15 Å². The van der Waals surface area contributed by atoms with Gasteiger partial charge < -0.3 is 5.11 Å². The summed E-state index contributed by atoms with van der Waals surface area (Å²) in [4.78, 5) is 3.61. The predicted octanol–water partition coefficient (Wildman–Crippen LogP) is 1.81. The molecule has 0 radical (unpaired) electrons. The number of rotatable bonds is 5. The van der Waals surface area contributed by atoms with Gasteiger partial charge in [0.15, 0.2) is 0 Å². The standard InChI is InChI=1S/C11H11ClN2O3S2/c12-11-10(2-1-4-13-11)19(16,17)14-6-9(15)8-3-5-18-7-8/h1-5,7,9,14-15H,6H2. The summed E-state index contributed by atoms with van der Waals surface area (Å²) in [6.07, 6.45) is 0.512. The van der Waals surface area contributed by atoms with Gasteiger partial charge in [0.25, 0.3) is 0 Å². The second kappa shape index (κ2) is 5.98. The molecule has 2 rings (SSSR count). The summed E-state index contributed by atoms with van der Waals surface area (Å²) in [5.74, 6) is 0. The molecule has 0 aliphatic heterocycles. The fourth-order valence-electron chi connectivity index (χ4n) is 1.42. The quantitative estimate of drug-likeness (QED) is 0.824. The minimum atomic E-state index is -3.78. The van der Waals surface area contributed by atoms with E-state index in [1.165, 1.54) is 29.7 Å². The smallest absolute Gasteiger partial charge is 0.243 e. The zero-order valence-corrected chi connectivity index (χ0v) is 12.0. The number of hydrogen-bond donors (Lipinski definition) is 2. The molecule has 5 nitrogen and oxygen atoms in total. The summed E-state index contributed by atoms with van der Waals surface area (Å²) >= 11 is 7.16. The van der Waals surface area contributed by atoms with Crippen LogP contribution in [0.5, 0.6) is 0 Å². The van der Waals surface area contributed by atoms with Crippen LogP contribution in [-0.2, 0) is 10.0 Å². The van der Waals surface area contributed by atoms with Gasteiger partial charge in [-0.2, -0.15) is 11.3 Å². The highest BCUT2D eigenvalue weighted by Crippen LogP contribution is 2.19. The summed E-state index contributed by atoms with van der Waals surface area (Å²) in [5, 5.41) is 13.3. The Morgan fingerprint density at radius 3 is 2.89 bits per heavy atom. The summed E-state index contributed by atoms with van der Waals surface area (Å²) < 4.78 is 26.3. The lowest BCUT2D eigenvalue weighted by atomic mass is 10.2. The molecule has 0 saturated heterocycles. The Labute approximate surface area is 119 Å². The Bertz CT molecular complexity index is 644. The van der Waals surface area contributed by atoms with E-state index in [1.54, 1.807) is 11.4 Å². The van der Waals surface area contributed by atoms with Crippen molar-refractivity contribution in [1.82, 2.24) is 9.71 Å². The Morgan fingerprint density at radius 2 is 2.26 bits per heavy atom. The second-order valence-corrected chi connectivity index (χ2v) is 6.59. The van der Waals surface area contributed by atoms with Gasteiger partial charge >= 0.3 is 0 Å². The van der Waals surface area contributed by atoms with Gasteiger partial charge in [-0.05, 0) is 34.5 Å². The van der Waals surface area contributed by atoms with Gasteiger partial charge in [-0.15, -0.1) is 0 Å². The molecule has 0 fully saturated rings. The van der Waals surface area contributed by atoms with Crippen molar-refractivity contribution in [2.24, 2.45) is 0 Å². The molecule has 0 bridgehead atoms. The van der Waals surface area contributed by atoms with Gasteiger partial charge in [0.1, 0.15) is 10.0 Å². The second-order valence-electron chi connectivity index (χ2n) is 3.72. The maximum atomic E-state index is 12.0. The third-order valence-electron chi connectivity index (χ3n) is 2.41. The first kappa shape index (κ1) is 14.4. The molecule has 19 heavy (non-hydrogen) atoms. The summed E-state index contributed by atoms with van der Waals surface area (Å²) in [5.41, 5.74) is 0.671. The van der Waals surface area contributed by atoms with Crippen molar-refractivity contribution in [3.63, 3.8) is 0 Å². The number of nitrogens with zero attached hydrogens (tertiary/aromatic N) is 1. The van der Waals surface area contributed by atoms with E-state index in [0.29, 0.717) is 5.56 Å². The number of nitrogens with one attached hydrogen (secondary N) is 1. The lowest BCUT2D eigenvalue weighted by Crippen LogP contribution is -2.28. The van der Waals surface area contributed by atoms with Crippen molar-refractivity contribution in [1.29, 1.82) is 0 Å². The molecule has 0 aliphatic rings. The first-order chi connectivity index (χ1) is 9.00. The van der Waals surface area contributed by atoms with E-state index < -0.39 is 16.1 Å². The molecule has 1 unspecified atom stereocenters. The largest absolute Gasteiger partial charge is 0.387 e. The molecule has 1 atom stereocenters. The third-order valence-corrected chi connectivity index (χ3v) is 4.98. The van der Waals surface area contributed by atoms with Crippen molar-refractivity contribution in [3.8, 4) is 0 Å². The van der Waals surface area contributed by atoms with E-state index in [9.17, 15) is 13.5 Å². The third kappa shape index (κ3) is 3.52. The zero-order valence-electron chi connectivity index (χ0n) is 9.65. The van der Waals surface area contributed by atoms with Crippen LogP contribution in [0.4, 0.5) is 0 Å². The number of sulfonamides is 1. The zero-order chi connectivity index (χ0) is 13.9. The lowest BCUT2D eigenvalue weighted by Gasteiger charge is -2.11. The van der Waals surface area contributed by atoms with Crippen molar-refractivity contribution in [2.45, 2.75) is 11.0 Å². The normalized spacial score (nSPS) is 13.4. The van der Waals surface area contributed by atoms with Gasteiger partial charge in [0, 0.05) is 12.7 Å². The SMILES string of the molecule is O=S(=O)(NCC(O)c1ccsc1)c1cccnc1Cl. The molecule has 2 heterocycles. The number of aromatic nitrogens is 1. The van der Waals surface area contributed by atoms with E-state index in [0.717, 1.165) is 0 Å². The van der Waals surface area contributed by atoms with E-state index in [-0.39, 0.29) is 16.6 Å². The Kier molecular flexibility index (Phi) is 4.54. The van der Waals surface area contributed by atoms with Crippen molar-refractivity contribution >= 4 is 33.0 Å². The number of halogens is 1. The number of thiophene rings is 1. The highest BCUT2D eigenvalue weighted by atomic mass is 35.5. The van der Waals surface area contributed by atoms with Crippen LogP contribution < -0.4 is 4.72 Å². The highest BCUT2D eigenvalue weighted by Gasteiger charge is 2.20.